The normalized spacial score (nSPS) is 14.0. The molecule has 158 valence electrons. The molecule has 0 fully saturated rings. The van der Waals surface area contributed by atoms with Crippen molar-refractivity contribution in [1.82, 2.24) is 19.4 Å². The van der Waals surface area contributed by atoms with Crippen molar-refractivity contribution in [3.05, 3.63) is 70.7 Å². The largest absolute Gasteiger partial charge is 0.322 e. The van der Waals surface area contributed by atoms with Crippen LogP contribution >= 0.6 is 23.1 Å². The molecule has 0 unspecified atom stereocenters. The highest BCUT2D eigenvalue weighted by Gasteiger charge is 2.21. The zero-order valence-corrected chi connectivity index (χ0v) is 18.9. The van der Waals surface area contributed by atoms with Gasteiger partial charge in [-0.3, -0.25) is 9.69 Å². The summed E-state index contributed by atoms with van der Waals surface area (Å²) in [6.07, 6.45) is 0.920. The van der Waals surface area contributed by atoms with Gasteiger partial charge in [0.1, 0.15) is 0 Å². The second kappa shape index (κ2) is 8.82. The summed E-state index contributed by atoms with van der Waals surface area (Å²) in [5.74, 6) is 0.256. The van der Waals surface area contributed by atoms with Crippen LogP contribution in [0.5, 0.6) is 0 Å². The third-order valence-corrected chi connectivity index (χ3v) is 7.41. The number of fused-ring (bicyclic) bond motifs is 2. The molecule has 0 saturated heterocycles. The Balaban J connectivity index is 1.18. The summed E-state index contributed by atoms with van der Waals surface area (Å²) in [7, 11) is 1.98. The Morgan fingerprint density at radius 1 is 1.13 bits per heavy atom. The number of thioether (sulfide) groups is 1. The number of hydrogen-bond donors (Lipinski definition) is 1. The molecule has 0 spiro atoms. The van der Waals surface area contributed by atoms with Gasteiger partial charge in [0.2, 0.25) is 5.91 Å². The smallest absolute Gasteiger partial charge is 0.236 e. The van der Waals surface area contributed by atoms with Gasteiger partial charge < -0.3 is 9.88 Å². The number of imidazole rings is 1. The van der Waals surface area contributed by atoms with E-state index in [9.17, 15) is 4.79 Å². The Hall–Kier alpha value is -2.68. The van der Waals surface area contributed by atoms with Crippen molar-refractivity contribution >= 4 is 45.2 Å². The number of aromatic nitrogens is 3. The molecule has 1 amide bonds. The number of thiazole rings is 1. The van der Waals surface area contributed by atoms with Gasteiger partial charge in [0, 0.05) is 38.0 Å². The predicted octanol–water partition coefficient (Wildman–Crippen LogP) is 4.32. The SMILES string of the molecule is Cn1c(SCC(=O)Nc2nc3c(s2)CN(Cc2ccccc2)CC3)nc2ccccc21. The number of nitrogens with one attached hydrogen (secondary N) is 1. The standard InChI is InChI=1S/C23H23N5OS2/c1-27-19-10-6-5-9-17(19)25-23(27)30-15-21(29)26-22-24-18-11-12-28(14-20(18)31-22)13-16-7-3-2-4-8-16/h2-10H,11-15H2,1H3,(H,24,26,29). The molecule has 2 aromatic heterocycles. The second-order valence-corrected chi connectivity index (χ2v) is 9.64. The fraction of sp³-hybridized carbons (Fsp3) is 0.261. The van der Waals surface area contributed by atoms with Gasteiger partial charge in [0.25, 0.3) is 0 Å². The van der Waals surface area contributed by atoms with Gasteiger partial charge in [0.15, 0.2) is 10.3 Å². The summed E-state index contributed by atoms with van der Waals surface area (Å²) in [5.41, 5.74) is 4.45. The average molecular weight is 450 g/mol. The molecule has 0 saturated carbocycles. The summed E-state index contributed by atoms with van der Waals surface area (Å²) in [4.78, 5) is 25.5. The minimum Gasteiger partial charge on any atom is -0.322 e. The third-order valence-electron chi connectivity index (χ3n) is 5.38. The molecule has 0 radical (unpaired) electrons. The first kappa shape index (κ1) is 20.2. The number of para-hydroxylation sites is 2. The zero-order valence-electron chi connectivity index (χ0n) is 17.2. The van der Waals surface area contributed by atoms with Crippen molar-refractivity contribution in [1.29, 1.82) is 0 Å². The van der Waals surface area contributed by atoms with Gasteiger partial charge in [-0.25, -0.2) is 9.97 Å². The summed E-state index contributed by atoms with van der Waals surface area (Å²) < 4.78 is 2.02. The van der Waals surface area contributed by atoms with E-state index in [2.05, 4.69) is 44.5 Å². The van der Waals surface area contributed by atoms with Crippen molar-refractivity contribution in [2.75, 3.05) is 17.6 Å². The molecule has 1 aliphatic rings. The monoisotopic (exact) mass is 449 g/mol. The van der Waals surface area contributed by atoms with Gasteiger partial charge in [-0.05, 0) is 17.7 Å². The number of aryl methyl sites for hydroxylation is 1. The first-order valence-corrected chi connectivity index (χ1v) is 12.0. The number of nitrogens with zero attached hydrogens (tertiary/aromatic N) is 4. The fourth-order valence-electron chi connectivity index (χ4n) is 3.82. The van der Waals surface area contributed by atoms with E-state index in [1.165, 1.54) is 22.2 Å². The maximum absolute atomic E-state index is 12.5. The van der Waals surface area contributed by atoms with E-state index in [1.807, 2.05) is 41.9 Å². The lowest BCUT2D eigenvalue weighted by molar-refractivity contribution is -0.113. The van der Waals surface area contributed by atoms with Crippen molar-refractivity contribution in [2.45, 2.75) is 24.7 Å². The highest BCUT2D eigenvalue weighted by molar-refractivity contribution is 7.99. The van der Waals surface area contributed by atoms with Crippen LogP contribution in [0.1, 0.15) is 16.1 Å². The minimum absolute atomic E-state index is 0.0516. The Morgan fingerprint density at radius 2 is 1.94 bits per heavy atom. The summed E-state index contributed by atoms with van der Waals surface area (Å²) in [6, 6.07) is 18.5. The molecule has 3 heterocycles. The molecule has 0 aliphatic carbocycles. The molecular weight excluding hydrogens is 426 g/mol. The Kier molecular flexibility index (Phi) is 5.76. The number of carbonyl (C=O) groups is 1. The number of anilines is 1. The lowest BCUT2D eigenvalue weighted by Crippen LogP contribution is -2.29. The number of hydrogen-bond acceptors (Lipinski definition) is 6. The van der Waals surface area contributed by atoms with E-state index < -0.39 is 0 Å². The van der Waals surface area contributed by atoms with Crippen molar-refractivity contribution < 1.29 is 4.79 Å². The lowest BCUT2D eigenvalue weighted by Gasteiger charge is -2.25. The number of benzene rings is 2. The molecule has 1 N–H and O–H groups in total. The van der Waals surface area contributed by atoms with Crippen LogP contribution in [0.3, 0.4) is 0 Å². The highest BCUT2D eigenvalue weighted by atomic mass is 32.2. The summed E-state index contributed by atoms with van der Waals surface area (Å²) in [5, 5.41) is 4.51. The first-order chi connectivity index (χ1) is 15.2. The first-order valence-electron chi connectivity index (χ1n) is 10.2. The second-order valence-electron chi connectivity index (χ2n) is 7.61. The van der Waals surface area contributed by atoms with Gasteiger partial charge in [-0.15, -0.1) is 11.3 Å². The average Bonchev–Trinajstić information content (AvgIpc) is 3.33. The number of amides is 1. The molecule has 4 aromatic rings. The van der Waals surface area contributed by atoms with Gasteiger partial charge in [-0.1, -0.05) is 54.2 Å². The molecule has 8 heteroatoms. The molecule has 2 aromatic carbocycles. The van der Waals surface area contributed by atoms with Crippen LogP contribution in [0, 0.1) is 0 Å². The van der Waals surface area contributed by atoms with Crippen LogP contribution in [0.2, 0.25) is 0 Å². The minimum atomic E-state index is -0.0516. The number of carbonyl (C=O) groups excluding carboxylic acids is 1. The quantitative estimate of drug-likeness (QED) is 0.444. The van der Waals surface area contributed by atoms with Crippen LogP contribution in [0.4, 0.5) is 5.13 Å². The maximum Gasteiger partial charge on any atom is 0.236 e. The molecule has 0 atom stereocenters. The lowest BCUT2D eigenvalue weighted by atomic mass is 10.1. The van der Waals surface area contributed by atoms with Crippen LogP contribution < -0.4 is 5.32 Å². The van der Waals surface area contributed by atoms with Crippen LogP contribution in [-0.2, 0) is 31.4 Å². The van der Waals surface area contributed by atoms with Crippen molar-refractivity contribution in [2.24, 2.45) is 7.05 Å². The van der Waals surface area contributed by atoms with Gasteiger partial charge in [-0.2, -0.15) is 0 Å². The topological polar surface area (TPSA) is 63.1 Å². The molecule has 1 aliphatic heterocycles. The number of rotatable bonds is 6. The third kappa shape index (κ3) is 4.51. The molecule has 5 rings (SSSR count). The van der Waals surface area contributed by atoms with E-state index in [0.717, 1.165) is 47.9 Å². The fourth-order valence-corrected chi connectivity index (χ4v) is 5.67. The molecule has 31 heavy (non-hydrogen) atoms. The van der Waals surface area contributed by atoms with E-state index in [-0.39, 0.29) is 5.91 Å². The van der Waals surface area contributed by atoms with Crippen molar-refractivity contribution in [3.63, 3.8) is 0 Å². The molecular formula is C23H23N5OS2. The van der Waals surface area contributed by atoms with E-state index in [4.69, 9.17) is 0 Å². The maximum atomic E-state index is 12.5. The summed E-state index contributed by atoms with van der Waals surface area (Å²) in [6.45, 7) is 2.81. The van der Waals surface area contributed by atoms with Gasteiger partial charge >= 0.3 is 0 Å². The summed E-state index contributed by atoms with van der Waals surface area (Å²) >= 11 is 3.04. The Morgan fingerprint density at radius 3 is 2.77 bits per heavy atom. The Labute approximate surface area is 189 Å². The van der Waals surface area contributed by atoms with E-state index >= 15 is 0 Å². The van der Waals surface area contributed by atoms with Gasteiger partial charge in [0.05, 0.1) is 22.5 Å². The Bertz CT molecular complexity index is 1220. The van der Waals surface area contributed by atoms with Crippen molar-refractivity contribution in [3.8, 4) is 0 Å². The molecule has 6 nitrogen and oxygen atoms in total. The predicted molar refractivity (Wildman–Crippen MR) is 126 cm³/mol. The van der Waals surface area contributed by atoms with E-state index in [1.54, 1.807) is 11.3 Å². The highest BCUT2D eigenvalue weighted by Crippen LogP contribution is 2.29. The van der Waals surface area contributed by atoms with Crippen LogP contribution in [0.15, 0.2) is 59.8 Å². The van der Waals surface area contributed by atoms with Crippen LogP contribution in [0.25, 0.3) is 11.0 Å². The zero-order chi connectivity index (χ0) is 21.2. The van der Waals surface area contributed by atoms with E-state index in [0.29, 0.717) is 10.9 Å². The van der Waals surface area contributed by atoms with Crippen LogP contribution in [-0.4, -0.2) is 37.6 Å². The molecule has 0 bridgehead atoms.